The van der Waals surface area contributed by atoms with E-state index in [2.05, 4.69) is 9.67 Å². The van der Waals surface area contributed by atoms with E-state index in [0.717, 1.165) is 43.9 Å². The second-order valence-electron chi connectivity index (χ2n) is 7.55. The molecule has 0 aromatic carbocycles. The molecule has 0 bridgehead atoms. The van der Waals surface area contributed by atoms with E-state index in [1.165, 1.54) is 11.8 Å². The maximum atomic E-state index is 14.1. The van der Waals surface area contributed by atoms with E-state index >= 15 is 0 Å². The minimum Gasteiger partial charge on any atom is -0.381 e. The normalized spacial score (nSPS) is 16.5. The van der Waals surface area contributed by atoms with Crippen LogP contribution in [0.5, 0.6) is 0 Å². The molecule has 2 aromatic heterocycles. The van der Waals surface area contributed by atoms with Gasteiger partial charge in [-0.15, -0.1) is 0 Å². The zero-order valence-corrected chi connectivity index (χ0v) is 18.6. The molecule has 30 heavy (non-hydrogen) atoms. The second-order valence-corrected chi connectivity index (χ2v) is 7.55. The standard InChI is InChI=1S/C20H26FN5O2.C2H6/c1-13-18(21)10-16(11-22-13)24(3)20-17-12-25(14(2)27)7-4-19(17)26(23-20)15-5-8-28-9-6-15;1-2/h10-11,15H,4-9,12H2,1-3H3;1-2H3. The minimum atomic E-state index is -0.340. The Hall–Kier alpha value is -2.48. The summed E-state index contributed by atoms with van der Waals surface area (Å²) in [5, 5.41) is 4.94. The molecule has 164 valence electrons. The smallest absolute Gasteiger partial charge is 0.219 e. The summed E-state index contributed by atoms with van der Waals surface area (Å²) < 4.78 is 21.7. The van der Waals surface area contributed by atoms with Crippen LogP contribution in [0.1, 0.15) is 56.6 Å². The third kappa shape index (κ3) is 4.33. The topological polar surface area (TPSA) is 63.5 Å². The van der Waals surface area contributed by atoms with Crippen LogP contribution in [0, 0.1) is 12.7 Å². The number of amides is 1. The number of fused-ring (bicyclic) bond motifs is 1. The number of halogens is 1. The molecule has 0 radical (unpaired) electrons. The lowest BCUT2D eigenvalue weighted by Gasteiger charge is -2.29. The SMILES string of the molecule is CC.CC(=O)N1CCc2c(c(N(C)c3cnc(C)c(F)c3)nn2C2CCOCC2)C1. The molecule has 0 unspecified atom stereocenters. The molecular weight excluding hydrogens is 385 g/mol. The number of pyridine rings is 1. The number of hydrogen-bond acceptors (Lipinski definition) is 5. The molecule has 0 N–H and O–H groups in total. The van der Waals surface area contributed by atoms with Crippen molar-refractivity contribution in [3.63, 3.8) is 0 Å². The summed E-state index contributed by atoms with van der Waals surface area (Å²) in [4.78, 5) is 19.8. The highest BCUT2D eigenvalue weighted by Gasteiger charge is 2.31. The molecule has 1 amide bonds. The van der Waals surface area contributed by atoms with Crippen molar-refractivity contribution in [2.24, 2.45) is 0 Å². The van der Waals surface area contributed by atoms with Gasteiger partial charge in [-0.25, -0.2) is 4.39 Å². The second kappa shape index (κ2) is 9.55. The fourth-order valence-corrected chi connectivity index (χ4v) is 4.00. The van der Waals surface area contributed by atoms with Crippen molar-refractivity contribution in [1.82, 2.24) is 19.7 Å². The quantitative estimate of drug-likeness (QED) is 0.761. The lowest BCUT2D eigenvalue weighted by Crippen LogP contribution is -2.35. The molecule has 2 aliphatic rings. The summed E-state index contributed by atoms with van der Waals surface area (Å²) in [5.74, 6) is 0.478. The summed E-state index contributed by atoms with van der Waals surface area (Å²) in [5.41, 5.74) is 3.22. The first-order chi connectivity index (χ1) is 14.5. The van der Waals surface area contributed by atoms with E-state index in [0.29, 0.717) is 30.5 Å². The summed E-state index contributed by atoms with van der Waals surface area (Å²) in [6.07, 6.45) is 4.28. The van der Waals surface area contributed by atoms with Crippen LogP contribution >= 0.6 is 0 Å². The van der Waals surface area contributed by atoms with Crippen LogP contribution in [0.3, 0.4) is 0 Å². The summed E-state index contributed by atoms with van der Waals surface area (Å²) in [6.45, 7) is 9.92. The van der Waals surface area contributed by atoms with Crippen molar-refractivity contribution in [3.05, 3.63) is 35.0 Å². The van der Waals surface area contributed by atoms with Gasteiger partial charge in [0, 0.05) is 57.5 Å². The Bertz CT molecular complexity index is 892. The van der Waals surface area contributed by atoms with Crippen molar-refractivity contribution in [2.75, 3.05) is 31.7 Å². The van der Waals surface area contributed by atoms with Gasteiger partial charge in [-0.3, -0.25) is 14.5 Å². The number of rotatable bonds is 3. The fourth-order valence-electron chi connectivity index (χ4n) is 4.00. The van der Waals surface area contributed by atoms with Gasteiger partial charge in [0.1, 0.15) is 5.82 Å². The van der Waals surface area contributed by atoms with Gasteiger partial charge in [-0.1, -0.05) is 13.8 Å². The molecule has 0 atom stereocenters. The van der Waals surface area contributed by atoms with Crippen LogP contribution in [-0.2, 0) is 22.5 Å². The summed E-state index contributed by atoms with van der Waals surface area (Å²) >= 11 is 0. The van der Waals surface area contributed by atoms with Gasteiger partial charge >= 0.3 is 0 Å². The van der Waals surface area contributed by atoms with Gasteiger partial charge in [0.05, 0.1) is 30.2 Å². The highest BCUT2D eigenvalue weighted by molar-refractivity contribution is 5.74. The molecule has 2 aliphatic heterocycles. The zero-order valence-electron chi connectivity index (χ0n) is 18.6. The minimum absolute atomic E-state index is 0.0566. The number of ether oxygens (including phenoxy) is 1. The summed E-state index contributed by atoms with van der Waals surface area (Å²) in [7, 11) is 1.87. The van der Waals surface area contributed by atoms with Crippen molar-refractivity contribution >= 4 is 17.4 Å². The molecule has 1 saturated heterocycles. The zero-order chi connectivity index (χ0) is 21.8. The van der Waals surface area contributed by atoms with Gasteiger partial charge < -0.3 is 14.5 Å². The van der Waals surface area contributed by atoms with Crippen molar-refractivity contribution in [3.8, 4) is 0 Å². The Morgan fingerprint density at radius 3 is 2.63 bits per heavy atom. The van der Waals surface area contributed by atoms with E-state index in [1.807, 2.05) is 30.7 Å². The number of carbonyl (C=O) groups excluding carboxylic acids is 1. The number of hydrogen-bond donors (Lipinski definition) is 0. The predicted octanol–water partition coefficient (Wildman–Crippen LogP) is 3.78. The number of aromatic nitrogens is 3. The van der Waals surface area contributed by atoms with Crippen LogP contribution in [-0.4, -0.2) is 52.4 Å². The fraction of sp³-hybridized carbons (Fsp3) is 0.591. The number of carbonyl (C=O) groups is 1. The van der Waals surface area contributed by atoms with Crippen molar-refractivity contribution < 1.29 is 13.9 Å². The van der Waals surface area contributed by atoms with Gasteiger partial charge in [0.25, 0.3) is 0 Å². The molecule has 4 rings (SSSR count). The highest BCUT2D eigenvalue weighted by Crippen LogP contribution is 2.35. The molecule has 0 aliphatic carbocycles. The van der Waals surface area contributed by atoms with Gasteiger partial charge in [-0.2, -0.15) is 5.10 Å². The number of nitrogens with zero attached hydrogens (tertiary/aromatic N) is 5. The number of aryl methyl sites for hydroxylation is 1. The molecule has 0 saturated carbocycles. The first-order valence-corrected chi connectivity index (χ1v) is 10.7. The lowest BCUT2D eigenvalue weighted by atomic mass is 10.0. The molecule has 7 nitrogen and oxygen atoms in total. The third-order valence-electron chi connectivity index (χ3n) is 5.76. The Morgan fingerprint density at radius 2 is 2.00 bits per heavy atom. The largest absolute Gasteiger partial charge is 0.381 e. The average molecular weight is 418 g/mol. The van der Waals surface area contributed by atoms with Crippen molar-refractivity contribution in [1.29, 1.82) is 0 Å². The average Bonchev–Trinajstić information content (AvgIpc) is 3.16. The maximum absolute atomic E-state index is 14.1. The molecular formula is C22H32FN5O2. The lowest BCUT2D eigenvalue weighted by molar-refractivity contribution is -0.129. The van der Waals surface area contributed by atoms with E-state index in [-0.39, 0.29) is 11.7 Å². The van der Waals surface area contributed by atoms with Gasteiger partial charge in [-0.05, 0) is 19.8 Å². The Labute approximate surface area is 177 Å². The highest BCUT2D eigenvalue weighted by atomic mass is 19.1. The Morgan fingerprint density at radius 1 is 1.30 bits per heavy atom. The summed E-state index contributed by atoms with van der Waals surface area (Å²) in [6, 6.07) is 1.77. The van der Waals surface area contributed by atoms with E-state index in [1.54, 1.807) is 20.0 Å². The molecule has 0 spiro atoms. The monoisotopic (exact) mass is 417 g/mol. The number of anilines is 2. The van der Waals surface area contributed by atoms with Crippen LogP contribution < -0.4 is 4.90 Å². The Balaban J connectivity index is 0.00000124. The van der Waals surface area contributed by atoms with E-state index in [9.17, 15) is 9.18 Å². The third-order valence-corrected chi connectivity index (χ3v) is 5.76. The van der Waals surface area contributed by atoms with Crippen LogP contribution in [0.25, 0.3) is 0 Å². The predicted molar refractivity (Wildman–Crippen MR) is 114 cm³/mol. The van der Waals surface area contributed by atoms with Crippen LogP contribution in [0.4, 0.5) is 15.9 Å². The first kappa shape index (κ1) is 22.2. The van der Waals surface area contributed by atoms with Crippen molar-refractivity contribution in [2.45, 2.75) is 59.5 Å². The molecule has 2 aromatic rings. The first-order valence-electron chi connectivity index (χ1n) is 10.7. The van der Waals surface area contributed by atoms with Gasteiger partial charge in [0.15, 0.2) is 5.82 Å². The van der Waals surface area contributed by atoms with E-state index in [4.69, 9.17) is 9.84 Å². The van der Waals surface area contributed by atoms with Gasteiger partial charge in [0.2, 0.25) is 5.91 Å². The maximum Gasteiger partial charge on any atom is 0.219 e. The van der Waals surface area contributed by atoms with E-state index < -0.39 is 0 Å². The molecule has 4 heterocycles. The molecule has 1 fully saturated rings. The van der Waals surface area contributed by atoms with Crippen LogP contribution in [0.2, 0.25) is 0 Å². The molecule has 8 heteroatoms. The Kier molecular flexibility index (Phi) is 7.07. The van der Waals surface area contributed by atoms with Crippen LogP contribution in [0.15, 0.2) is 12.3 Å².